The van der Waals surface area contributed by atoms with Crippen LogP contribution in [0.25, 0.3) is 0 Å². The monoisotopic (exact) mass is 286 g/mol. The summed E-state index contributed by atoms with van der Waals surface area (Å²) in [5.41, 5.74) is -0.740. The number of rotatable bonds is 2. The molecule has 0 bridgehead atoms. The Morgan fingerprint density at radius 1 is 1.30 bits per heavy atom. The maximum atomic E-state index is 12.7. The molecule has 2 saturated heterocycles. The van der Waals surface area contributed by atoms with Gasteiger partial charge in [0.1, 0.15) is 5.69 Å². The molecule has 3 rings (SSSR count). The molecule has 2 aliphatic heterocycles. The third-order valence-corrected chi connectivity index (χ3v) is 4.45. The molecule has 1 aromatic rings. The van der Waals surface area contributed by atoms with E-state index in [9.17, 15) is 13.2 Å². The summed E-state index contributed by atoms with van der Waals surface area (Å²) in [6.07, 6.45) is -1.15. The summed E-state index contributed by atoms with van der Waals surface area (Å²) in [4.78, 5) is 11.9. The predicted octanol–water partition coefficient (Wildman–Crippen LogP) is 2.17. The van der Waals surface area contributed by atoms with Crippen molar-refractivity contribution in [3.63, 3.8) is 0 Å². The molecule has 3 heterocycles. The second kappa shape index (κ2) is 4.58. The minimum atomic E-state index is -4.42. The van der Waals surface area contributed by atoms with Crippen LogP contribution in [0.1, 0.15) is 25.5 Å². The van der Waals surface area contributed by atoms with Crippen molar-refractivity contribution in [2.75, 3.05) is 31.1 Å². The van der Waals surface area contributed by atoms with E-state index in [2.05, 4.69) is 21.8 Å². The topological polar surface area (TPSA) is 32.3 Å². The first-order valence-corrected chi connectivity index (χ1v) is 6.85. The first kappa shape index (κ1) is 13.6. The number of alkyl halides is 3. The first-order valence-electron chi connectivity index (χ1n) is 6.85. The van der Waals surface area contributed by atoms with Gasteiger partial charge >= 0.3 is 6.18 Å². The van der Waals surface area contributed by atoms with Gasteiger partial charge in [0.05, 0.1) is 0 Å². The molecule has 110 valence electrons. The Hall–Kier alpha value is -1.37. The maximum absolute atomic E-state index is 12.7. The highest BCUT2D eigenvalue weighted by Crippen LogP contribution is 2.39. The van der Waals surface area contributed by atoms with Crippen molar-refractivity contribution in [1.29, 1.82) is 0 Å². The van der Waals surface area contributed by atoms with Crippen molar-refractivity contribution in [3.8, 4) is 0 Å². The number of hydrogen-bond acceptors (Lipinski definition) is 4. The van der Waals surface area contributed by atoms with E-state index in [0.29, 0.717) is 0 Å². The van der Waals surface area contributed by atoms with Gasteiger partial charge in [0.25, 0.3) is 0 Å². The molecule has 1 aromatic heterocycles. The fraction of sp³-hybridized carbons (Fsp3) is 0.692. The van der Waals surface area contributed by atoms with Crippen LogP contribution in [0.3, 0.4) is 0 Å². The molecule has 1 atom stereocenters. The van der Waals surface area contributed by atoms with Crippen LogP contribution >= 0.6 is 0 Å². The first-order chi connectivity index (χ1) is 9.44. The number of hydrogen-bond donors (Lipinski definition) is 0. The van der Waals surface area contributed by atoms with E-state index in [1.807, 2.05) is 4.90 Å². The van der Waals surface area contributed by atoms with Gasteiger partial charge in [-0.05, 0) is 25.5 Å². The third-order valence-electron chi connectivity index (χ3n) is 4.45. The summed E-state index contributed by atoms with van der Waals surface area (Å²) in [7, 11) is 0. The zero-order valence-corrected chi connectivity index (χ0v) is 11.3. The van der Waals surface area contributed by atoms with Crippen LogP contribution in [0.2, 0.25) is 0 Å². The molecule has 0 amide bonds. The summed E-state index contributed by atoms with van der Waals surface area (Å²) in [6.45, 7) is 5.62. The van der Waals surface area contributed by atoms with Crippen LogP contribution in [0.4, 0.5) is 19.1 Å². The van der Waals surface area contributed by atoms with Crippen LogP contribution in [0, 0.1) is 0 Å². The molecule has 1 spiro atoms. The lowest BCUT2D eigenvalue weighted by molar-refractivity contribution is -0.141. The molecular formula is C13H17F3N4. The highest BCUT2D eigenvalue weighted by atomic mass is 19.4. The van der Waals surface area contributed by atoms with Gasteiger partial charge in [-0.25, -0.2) is 9.97 Å². The lowest BCUT2D eigenvalue weighted by Gasteiger charge is -2.50. The zero-order chi connectivity index (χ0) is 14.4. The second-order valence-corrected chi connectivity index (χ2v) is 5.47. The fourth-order valence-electron chi connectivity index (χ4n) is 3.23. The van der Waals surface area contributed by atoms with Crippen molar-refractivity contribution >= 4 is 5.95 Å². The fourth-order valence-corrected chi connectivity index (χ4v) is 3.23. The Morgan fingerprint density at radius 2 is 2.05 bits per heavy atom. The SMILES string of the molecule is CCN1CCC12CCN(c1nccc(C(F)(F)F)n1)C2. The standard InChI is InChI=1S/C13H17F3N4/c1-2-20-8-5-12(20)4-7-19(9-12)11-17-6-3-10(18-11)13(14,15)16/h3,6H,2,4-5,7-9H2,1H3. The number of likely N-dealkylation sites (tertiary alicyclic amines) is 1. The summed E-state index contributed by atoms with van der Waals surface area (Å²) >= 11 is 0. The highest BCUT2D eigenvalue weighted by Gasteiger charge is 2.49. The van der Waals surface area contributed by atoms with Gasteiger partial charge in [-0.15, -0.1) is 0 Å². The Bertz CT molecular complexity index is 503. The van der Waals surface area contributed by atoms with E-state index in [0.717, 1.165) is 45.1 Å². The van der Waals surface area contributed by atoms with Crippen LogP contribution in [0.5, 0.6) is 0 Å². The molecule has 2 fully saturated rings. The summed E-state index contributed by atoms with van der Waals surface area (Å²) in [6, 6.07) is 0.914. The Balaban J connectivity index is 1.78. The second-order valence-electron chi connectivity index (χ2n) is 5.47. The normalized spacial score (nSPS) is 27.1. The van der Waals surface area contributed by atoms with Gasteiger partial charge in [0, 0.05) is 31.4 Å². The lowest BCUT2D eigenvalue weighted by Crippen LogP contribution is -2.61. The average molecular weight is 286 g/mol. The van der Waals surface area contributed by atoms with Crippen LogP contribution in [-0.4, -0.2) is 46.6 Å². The Kier molecular flexibility index (Phi) is 3.12. The molecule has 0 aliphatic carbocycles. The van der Waals surface area contributed by atoms with Gasteiger partial charge in [0.2, 0.25) is 5.95 Å². The van der Waals surface area contributed by atoms with E-state index in [1.165, 1.54) is 6.20 Å². The number of halogens is 3. The summed E-state index contributed by atoms with van der Waals surface area (Å²) < 4.78 is 38.1. The molecule has 7 heteroatoms. The van der Waals surface area contributed by atoms with Gasteiger partial charge in [0.15, 0.2) is 0 Å². The molecule has 1 unspecified atom stereocenters. The molecule has 0 saturated carbocycles. The highest BCUT2D eigenvalue weighted by molar-refractivity contribution is 5.35. The van der Waals surface area contributed by atoms with Crippen molar-refractivity contribution in [1.82, 2.24) is 14.9 Å². The summed E-state index contributed by atoms with van der Waals surface area (Å²) in [5.74, 6) is 0.194. The third kappa shape index (κ3) is 2.13. The Labute approximate surface area is 115 Å². The number of anilines is 1. The van der Waals surface area contributed by atoms with E-state index in [1.54, 1.807) is 0 Å². The van der Waals surface area contributed by atoms with Crippen LogP contribution in [-0.2, 0) is 6.18 Å². The molecule has 2 aliphatic rings. The quantitative estimate of drug-likeness (QED) is 0.834. The number of nitrogens with zero attached hydrogens (tertiary/aromatic N) is 4. The minimum Gasteiger partial charge on any atom is -0.339 e. The van der Waals surface area contributed by atoms with Crippen molar-refractivity contribution in [2.45, 2.75) is 31.5 Å². The van der Waals surface area contributed by atoms with Crippen LogP contribution < -0.4 is 4.90 Å². The largest absolute Gasteiger partial charge is 0.433 e. The van der Waals surface area contributed by atoms with E-state index >= 15 is 0 Å². The van der Waals surface area contributed by atoms with Gasteiger partial charge in [-0.1, -0.05) is 6.92 Å². The Morgan fingerprint density at radius 3 is 2.65 bits per heavy atom. The minimum absolute atomic E-state index is 0.131. The number of likely N-dealkylation sites (N-methyl/N-ethyl adjacent to an activating group) is 1. The van der Waals surface area contributed by atoms with Gasteiger partial charge in [-0.2, -0.15) is 13.2 Å². The van der Waals surface area contributed by atoms with Crippen molar-refractivity contribution in [3.05, 3.63) is 18.0 Å². The molecule has 20 heavy (non-hydrogen) atoms. The maximum Gasteiger partial charge on any atom is 0.433 e. The molecular weight excluding hydrogens is 269 g/mol. The zero-order valence-electron chi connectivity index (χ0n) is 11.3. The van der Waals surface area contributed by atoms with Crippen molar-refractivity contribution < 1.29 is 13.2 Å². The van der Waals surface area contributed by atoms with E-state index < -0.39 is 11.9 Å². The molecule has 0 N–H and O–H groups in total. The van der Waals surface area contributed by atoms with E-state index in [-0.39, 0.29) is 11.5 Å². The van der Waals surface area contributed by atoms with Crippen LogP contribution in [0.15, 0.2) is 12.3 Å². The number of aromatic nitrogens is 2. The molecule has 0 radical (unpaired) electrons. The smallest absolute Gasteiger partial charge is 0.339 e. The molecule has 4 nitrogen and oxygen atoms in total. The van der Waals surface area contributed by atoms with Crippen molar-refractivity contribution in [2.24, 2.45) is 0 Å². The lowest BCUT2D eigenvalue weighted by atomic mass is 9.84. The van der Waals surface area contributed by atoms with Gasteiger partial charge in [-0.3, -0.25) is 4.90 Å². The average Bonchev–Trinajstić information content (AvgIpc) is 2.85. The molecule has 0 aromatic carbocycles. The van der Waals surface area contributed by atoms with E-state index in [4.69, 9.17) is 0 Å². The van der Waals surface area contributed by atoms with Gasteiger partial charge < -0.3 is 4.90 Å². The summed E-state index contributed by atoms with van der Waals surface area (Å²) in [5, 5.41) is 0. The predicted molar refractivity (Wildman–Crippen MR) is 68.5 cm³/mol.